The summed E-state index contributed by atoms with van der Waals surface area (Å²) in [6.07, 6.45) is 2.58. The zero-order valence-corrected chi connectivity index (χ0v) is 11.3. The molecule has 0 aliphatic rings. The van der Waals surface area contributed by atoms with Crippen LogP contribution in [0.4, 0.5) is 4.79 Å². The maximum absolute atomic E-state index is 11.5. The van der Waals surface area contributed by atoms with Gasteiger partial charge in [-0.1, -0.05) is 18.2 Å². The van der Waals surface area contributed by atoms with Crippen LogP contribution in [0, 0.1) is 0 Å². The second-order valence-electron chi connectivity index (χ2n) is 4.21. The van der Waals surface area contributed by atoms with E-state index in [2.05, 4.69) is 10.6 Å². The van der Waals surface area contributed by atoms with E-state index in [0.29, 0.717) is 13.1 Å². The highest BCUT2D eigenvalue weighted by Gasteiger charge is 2.03. The monoisotopic (exact) mass is 266 g/mol. The minimum absolute atomic E-state index is 0.185. The Balaban J connectivity index is 2.22. The van der Waals surface area contributed by atoms with Crippen molar-refractivity contribution >= 4 is 6.03 Å². The number of hydrogen-bond acceptors (Lipinski definition) is 3. The van der Waals surface area contributed by atoms with Crippen molar-refractivity contribution in [3.63, 3.8) is 0 Å². The molecular formula is C14H22N2O3. The van der Waals surface area contributed by atoms with Crippen molar-refractivity contribution < 1.29 is 14.6 Å². The van der Waals surface area contributed by atoms with Gasteiger partial charge in [-0.25, -0.2) is 4.79 Å². The first kappa shape index (κ1) is 15.3. The molecule has 1 rings (SSSR count). The maximum Gasteiger partial charge on any atom is 0.315 e. The minimum Gasteiger partial charge on any atom is -0.496 e. The molecular weight excluding hydrogens is 244 g/mol. The van der Waals surface area contributed by atoms with Crippen molar-refractivity contribution in [1.82, 2.24) is 10.6 Å². The molecule has 5 heteroatoms. The summed E-state index contributed by atoms with van der Waals surface area (Å²) >= 11 is 0. The third kappa shape index (κ3) is 6.10. The molecule has 19 heavy (non-hydrogen) atoms. The fourth-order valence-electron chi connectivity index (χ4n) is 1.70. The Morgan fingerprint density at radius 1 is 1.21 bits per heavy atom. The lowest BCUT2D eigenvalue weighted by Gasteiger charge is -2.10. The van der Waals surface area contributed by atoms with Crippen LogP contribution in [-0.4, -0.2) is 31.4 Å². The van der Waals surface area contributed by atoms with Gasteiger partial charge in [0.1, 0.15) is 5.75 Å². The SMILES string of the molecule is COc1ccccc1CNC(=O)NCCCCCO. The van der Waals surface area contributed by atoms with E-state index in [1.165, 1.54) is 0 Å². The van der Waals surface area contributed by atoms with Crippen LogP contribution in [-0.2, 0) is 6.54 Å². The summed E-state index contributed by atoms with van der Waals surface area (Å²) in [6, 6.07) is 7.40. The number of nitrogens with one attached hydrogen (secondary N) is 2. The van der Waals surface area contributed by atoms with Gasteiger partial charge in [0, 0.05) is 25.3 Å². The quantitative estimate of drug-likeness (QED) is 0.627. The van der Waals surface area contributed by atoms with Gasteiger partial charge in [-0.3, -0.25) is 0 Å². The molecule has 0 aliphatic carbocycles. The molecule has 1 aromatic carbocycles. The first-order valence-electron chi connectivity index (χ1n) is 6.52. The lowest BCUT2D eigenvalue weighted by atomic mass is 10.2. The predicted molar refractivity (Wildman–Crippen MR) is 74.2 cm³/mol. The molecule has 0 bridgehead atoms. The van der Waals surface area contributed by atoms with Crippen LogP contribution in [0.3, 0.4) is 0 Å². The van der Waals surface area contributed by atoms with E-state index in [0.717, 1.165) is 30.6 Å². The van der Waals surface area contributed by atoms with Crippen LogP contribution in [0.1, 0.15) is 24.8 Å². The first-order valence-corrected chi connectivity index (χ1v) is 6.52. The van der Waals surface area contributed by atoms with Crippen molar-refractivity contribution in [3.05, 3.63) is 29.8 Å². The van der Waals surface area contributed by atoms with Gasteiger partial charge in [0.25, 0.3) is 0 Å². The van der Waals surface area contributed by atoms with E-state index < -0.39 is 0 Å². The minimum atomic E-state index is -0.185. The number of para-hydroxylation sites is 1. The van der Waals surface area contributed by atoms with Gasteiger partial charge < -0.3 is 20.5 Å². The number of carbonyl (C=O) groups excluding carboxylic acids is 1. The molecule has 0 aromatic heterocycles. The van der Waals surface area contributed by atoms with Crippen LogP contribution < -0.4 is 15.4 Å². The van der Waals surface area contributed by atoms with E-state index in [1.54, 1.807) is 7.11 Å². The van der Waals surface area contributed by atoms with Gasteiger partial charge in [-0.05, 0) is 25.3 Å². The molecule has 106 valence electrons. The third-order valence-electron chi connectivity index (χ3n) is 2.75. The topological polar surface area (TPSA) is 70.6 Å². The molecule has 0 aliphatic heterocycles. The van der Waals surface area contributed by atoms with Gasteiger partial charge in [0.2, 0.25) is 0 Å². The van der Waals surface area contributed by atoms with Gasteiger partial charge >= 0.3 is 6.03 Å². The highest BCUT2D eigenvalue weighted by atomic mass is 16.5. The lowest BCUT2D eigenvalue weighted by Crippen LogP contribution is -2.35. The molecule has 0 heterocycles. The number of aliphatic hydroxyl groups excluding tert-OH is 1. The number of rotatable bonds is 8. The predicted octanol–water partition coefficient (Wildman–Crippen LogP) is 1.66. The summed E-state index contributed by atoms with van der Waals surface area (Å²) in [5.41, 5.74) is 0.945. The fourth-order valence-corrected chi connectivity index (χ4v) is 1.70. The number of methoxy groups -OCH3 is 1. The van der Waals surface area contributed by atoms with Crippen molar-refractivity contribution in [2.45, 2.75) is 25.8 Å². The summed E-state index contributed by atoms with van der Waals surface area (Å²) in [4.78, 5) is 11.5. The van der Waals surface area contributed by atoms with Crippen LogP contribution in [0.15, 0.2) is 24.3 Å². The maximum atomic E-state index is 11.5. The molecule has 3 N–H and O–H groups in total. The number of amides is 2. The number of urea groups is 1. The first-order chi connectivity index (χ1) is 9.27. The zero-order valence-electron chi connectivity index (χ0n) is 11.3. The Kier molecular flexibility index (Phi) is 7.43. The summed E-state index contributed by atoms with van der Waals surface area (Å²) in [5, 5.41) is 14.2. The van der Waals surface area contributed by atoms with E-state index in [-0.39, 0.29) is 12.6 Å². The lowest BCUT2D eigenvalue weighted by molar-refractivity contribution is 0.240. The van der Waals surface area contributed by atoms with Crippen molar-refractivity contribution in [1.29, 1.82) is 0 Å². The Hall–Kier alpha value is -1.75. The molecule has 1 aromatic rings. The standard InChI is InChI=1S/C14H22N2O3/c1-19-13-8-4-3-7-12(13)11-16-14(18)15-9-5-2-6-10-17/h3-4,7-8,17H,2,5-6,9-11H2,1H3,(H2,15,16,18). The zero-order chi connectivity index (χ0) is 13.9. The van der Waals surface area contributed by atoms with Gasteiger partial charge in [0.15, 0.2) is 0 Å². The Bertz CT molecular complexity index is 383. The molecule has 0 unspecified atom stereocenters. The highest BCUT2D eigenvalue weighted by Crippen LogP contribution is 2.16. The number of aliphatic hydroxyl groups is 1. The molecule has 0 radical (unpaired) electrons. The number of unbranched alkanes of at least 4 members (excludes halogenated alkanes) is 2. The molecule has 0 spiro atoms. The number of ether oxygens (including phenoxy) is 1. The summed E-state index contributed by atoms with van der Waals surface area (Å²) in [7, 11) is 1.61. The number of carbonyl (C=O) groups is 1. The van der Waals surface area contributed by atoms with Crippen LogP contribution in [0.2, 0.25) is 0 Å². The number of hydrogen-bond donors (Lipinski definition) is 3. The van der Waals surface area contributed by atoms with Gasteiger partial charge in [-0.15, -0.1) is 0 Å². The van der Waals surface area contributed by atoms with Crippen molar-refractivity contribution in [2.24, 2.45) is 0 Å². The molecule has 0 saturated carbocycles. The Morgan fingerprint density at radius 2 is 2.00 bits per heavy atom. The molecule has 5 nitrogen and oxygen atoms in total. The van der Waals surface area contributed by atoms with Crippen molar-refractivity contribution in [3.8, 4) is 5.75 Å². The van der Waals surface area contributed by atoms with Gasteiger partial charge in [0.05, 0.1) is 7.11 Å². The fraction of sp³-hybridized carbons (Fsp3) is 0.500. The average molecular weight is 266 g/mol. The van der Waals surface area contributed by atoms with Crippen LogP contribution >= 0.6 is 0 Å². The third-order valence-corrected chi connectivity index (χ3v) is 2.75. The van der Waals surface area contributed by atoms with Crippen LogP contribution in [0.25, 0.3) is 0 Å². The summed E-state index contributed by atoms with van der Waals surface area (Å²) in [5.74, 6) is 0.769. The van der Waals surface area contributed by atoms with E-state index in [1.807, 2.05) is 24.3 Å². The molecule has 0 atom stereocenters. The second-order valence-corrected chi connectivity index (χ2v) is 4.21. The van der Waals surface area contributed by atoms with E-state index >= 15 is 0 Å². The van der Waals surface area contributed by atoms with Crippen LogP contribution in [0.5, 0.6) is 5.75 Å². The molecule has 0 fully saturated rings. The normalized spacial score (nSPS) is 10.0. The smallest absolute Gasteiger partial charge is 0.315 e. The van der Waals surface area contributed by atoms with Crippen molar-refractivity contribution in [2.75, 3.05) is 20.3 Å². The largest absolute Gasteiger partial charge is 0.496 e. The second kappa shape index (κ2) is 9.22. The Labute approximate surface area is 114 Å². The van der Waals surface area contributed by atoms with Gasteiger partial charge in [-0.2, -0.15) is 0 Å². The summed E-state index contributed by atoms with van der Waals surface area (Å²) < 4.78 is 5.21. The van der Waals surface area contributed by atoms with E-state index in [4.69, 9.17) is 9.84 Å². The highest BCUT2D eigenvalue weighted by molar-refractivity contribution is 5.73. The summed E-state index contributed by atoms with van der Waals surface area (Å²) in [6.45, 7) is 1.27. The number of benzene rings is 1. The average Bonchev–Trinajstić information content (AvgIpc) is 2.45. The molecule has 2 amide bonds. The Morgan fingerprint density at radius 3 is 2.74 bits per heavy atom. The molecule has 0 saturated heterocycles. The van der Waals surface area contributed by atoms with E-state index in [9.17, 15) is 4.79 Å².